The predicted octanol–water partition coefficient (Wildman–Crippen LogP) is 1.91. The lowest BCUT2D eigenvalue weighted by Gasteiger charge is -2.17. The molecular weight excluding hydrogens is 214 g/mol. The van der Waals surface area contributed by atoms with Gasteiger partial charge in [0, 0.05) is 25.1 Å². The molecule has 17 heavy (non-hydrogen) atoms. The molecule has 0 atom stereocenters. The summed E-state index contributed by atoms with van der Waals surface area (Å²) in [6.07, 6.45) is 0.497. The molecule has 1 aromatic rings. The smallest absolute Gasteiger partial charge is 0.123 e. The Hall–Kier alpha value is -2.04. The van der Waals surface area contributed by atoms with Crippen LogP contribution in [0.3, 0.4) is 0 Å². The van der Waals surface area contributed by atoms with Crippen molar-refractivity contribution in [1.29, 1.82) is 10.5 Å². The van der Waals surface area contributed by atoms with Crippen molar-refractivity contribution in [2.24, 2.45) is 0 Å². The Bertz CT molecular complexity index is 457. The summed E-state index contributed by atoms with van der Waals surface area (Å²) in [5.74, 6) is 0.771. The number of methoxy groups -OCH3 is 1. The van der Waals surface area contributed by atoms with Crippen molar-refractivity contribution in [3.05, 3.63) is 29.3 Å². The summed E-state index contributed by atoms with van der Waals surface area (Å²) in [6, 6.07) is 9.57. The van der Waals surface area contributed by atoms with Crippen LogP contribution in [0.25, 0.3) is 0 Å². The van der Waals surface area contributed by atoms with Gasteiger partial charge in [-0.2, -0.15) is 10.5 Å². The molecule has 1 rings (SSSR count). The Kier molecular flexibility index (Phi) is 5.00. The monoisotopic (exact) mass is 229 g/mol. The molecule has 0 spiro atoms. The van der Waals surface area contributed by atoms with Gasteiger partial charge in [0.05, 0.1) is 24.8 Å². The highest BCUT2D eigenvalue weighted by molar-refractivity contribution is 5.41. The summed E-state index contributed by atoms with van der Waals surface area (Å²) in [4.78, 5) is 2.03. The first kappa shape index (κ1) is 13.0. The molecule has 4 nitrogen and oxygen atoms in total. The molecule has 0 bridgehead atoms. The van der Waals surface area contributed by atoms with Crippen molar-refractivity contribution in [3.8, 4) is 17.9 Å². The van der Waals surface area contributed by atoms with Gasteiger partial charge in [-0.25, -0.2) is 0 Å². The minimum absolute atomic E-state index is 0.497. The zero-order chi connectivity index (χ0) is 12.7. The van der Waals surface area contributed by atoms with Crippen LogP contribution in [0, 0.1) is 22.7 Å². The van der Waals surface area contributed by atoms with Crippen LogP contribution >= 0.6 is 0 Å². The molecule has 4 heteroatoms. The highest BCUT2D eigenvalue weighted by Gasteiger charge is 2.07. The number of hydrogen-bond donors (Lipinski definition) is 0. The van der Waals surface area contributed by atoms with Crippen molar-refractivity contribution in [3.63, 3.8) is 0 Å². The largest absolute Gasteiger partial charge is 0.496 e. The zero-order valence-corrected chi connectivity index (χ0v) is 10.1. The van der Waals surface area contributed by atoms with E-state index in [1.807, 2.05) is 18.0 Å². The Morgan fingerprint density at radius 2 is 2.12 bits per heavy atom. The van der Waals surface area contributed by atoms with Crippen LogP contribution in [0.1, 0.15) is 17.5 Å². The molecular formula is C13H15N3O. The second-order valence-electron chi connectivity index (χ2n) is 3.78. The fourth-order valence-electron chi connectivity index (χ4n) is 1.58. The minimum atomic E-state index is 0.497. The molecule has 88 valence electrons. The number of ether oxygens (including phenoxy) is 1. The maximum atomic E-state index is 8.85. The molecule has 0 radical (unpaired) electrons. The summed E-state index contributed by atoms with van der Waals surface area (Å²) < 4.78 is 5.25. The van der Waals surface area contributed by atoms with Crippen LogP contribution in [-0.2, 0) is 6.54 Å². The standard InChI is InChI=1S/C13H15N3O/c1-16(7-3-6-14)10-12-8-11(9-15)4-5-13(12)17-2/h4-5,8H,3,7,10H2,1-2H3. The Labute approximate surface area is 102 Å². The van der Waals surface area contributed by atoms with Gasteiger partial charge in [-0.15, -0.1) is 0 Å². The van der Waals surface area contributed by atoms with Crippen LogP contribution < -0.4 is 4.74 Å². The van der Waals surface area contributed by atoms with Crippen molar-refractivity contribution < 1.29 is 4.74 Å². The van der Waals surface area contributed by atoms with Gasteiger partial charge in [-0.3, -0.25) is 0 Å². The van der Waals surface area contributed by atoms with E-state index in [1.165, 1.54) is 0 Å². The van der Waals surface area contributed by atoms with Crippen LogP contribution in [0.4, 0.5) is 0 Å². The normalized spacial score (nSPS) is 9.71. The van der Waals surface area contributed by atoms with Gasteiger partial charge in [0.25, 0.3) is 0 Å². The molecule has 0 unspecified atom stereocenters. The first-order valence-electron chi connectivity index (χ1n) is 5.33. The second kappa shape index (κ2) is 6.52. The topological polar surface area (TPSA) is 60.0 Å². The van der Waals surface area contributed by atoms with E-state index in [0.717, 1.165) is 11.3 Å². The SMILES string of the molecule is COc1ccc(C#N)cc1CN(C)CCC#N. The zero-order valence-electron chi connectivity index (χ0n) is 10.1. The number of benzene rings is 1. The molecule has 0 aliphatic carbocycles. The van der Waals surface area contributed by atoms with Crippen LogP contribution in [-0.4, -0.2) is 25.6 Å². The molecule has 0 N–H and O–H groups in total. The molecule has 1 aromatic carbocycles. The van der Waals surface area contributed by atoms with E-state index in [9.17, 15) is 0 Å². The predicted molar refractivity (Wildman–Crippen MR) is 64.3 cm³/mol. The van der Waals surface area contributed by atoms with Crippen molar-refractivity contribution >= 4 is 0 Å². The van der Waals surface area contributed by atoms with E-state index in [2.05, 4.69) is 12.1 Å². The number of nitrogens with zero attached hydrogens (tertiary/aromatic N) is 3. The highest BCUT2D eigenvalue weighted by Crippen LogP contribution is 2.21. The molecule has 0 aromatic heterocycles. The van der Waals surface area contributed by atoms with Gasteiger partial charge < -0.3 is 9.64 Å². The van der Waals surface area contributed by atoms with E-state index in [0.29, 0.717) is 25.1 Å². The fraction of sp³-hybridized carbons (Fsp3) is 0.385. The average molecular weight is 229 g/mol. The van der Waals surface area contributed by atoms with E-state index in [4.69, 9.17) is 15.3 Å². The molecule has 0 saturated heterocycles. The lowest BCUT2D eigenvalue weighted by atomic mass is 10.1. The molecule has 0 fully saturated rings. The Morgan fingerprint density at radius 1 is 1.35 bits per heavy atom. The number of nitriles is 2. The minimum Gasteiger partial charge on any atom is -0.496 e. The van der Waals surface area contributed by atoms with Gasteiger partial charge in [-0.05, 0) is 25.2 Å². The van der Waals surface area contributed by atoms with Crippen LogP contribution in [0.15, 0.2) is 18.2 Å². The van der Waals surface area contributed by atoms with Gasteiger partial charge in [0.2, 0.25) is 0 Å². The lowest BCUT2D eigenvalue weighted by molar-refractivity contribution is 0.324. The molecule has 0 amide bonds. The van der Waals surface area contributed by atoms with Crippen LogP contribution in [0.5, 0.6) is 5.75 Å². The number of hydrogen-bond acceptors (Lipinski definition) is 4. The average Bonchev–Trinajstić information content (AvgIpc) is 2.36. The lowest BCUT2D eigenvalue weighted by Crippen LogP contribution is -2.19. The quantitative estimate of drug-likeness (QED) is 0.773. The van der Waals surface area contributed by atoms with E-state index >= 15 is 0 Å². The van der Waals surface area contributed by atoms with Gasteiger partial charge in [0.15, 0.2) is 0 Å². The number of rotatable bonds is 5. The summed E-state index contributed by atoms with van der Waals surface area (Å²) in [5.41, 5.74) is 1.58. The summed E-state index contributed by atoms with van der Waals surface area (Å²) in [6.45, 7) is 1.37. The Balaban J connectivity index is 2.81. The van der Waals surface area contributed by atoms with Crippen molar-refractivity contribution in [2.45, 2.75) is 13.0 Å². The third kappa shape index (κ3) is 3.79. The second-order valence-corrected chi connectivity index (χ2v) is 3.78. The summed E-state index contributed by atoms with van der Waals surface area (Å²) in [5, 5.41) is 17.4. The molecule has 0 aliphatic heterocycles. The third-order valence-electron chi connectivity index (χ3n) is 2.46. The summed E-state index contributed by atoms with van der Waals surface area (Å²) in [7, 11) is 3.55. The maximum absolute atomic E-state index is 8.85. The third-order valence-corrected chi connectivity index (χ3v) is 2.46. The Morgan fingerprint density at radius 3 is 2.71 bits per heavy atom. The maximum Gasteiger partial charge on any atom is 0.123 e. The summed E-state index contributed by atoms with van der Waals surface area (Å²) >= 11 is 0. The molecule has 0 saturated carbocycles. The fourth-order valence-corrected chi connectivity index (χ4v) is 1.58. The van der Waals surface area contributed by atoms with Gasteiger partial charge in [-0.1, -0.05) is 0 Å². The highest BCUT2D eigenvalue weighted by atomic mass is 16.5. The van der Waals surface area contributed by atoms with Gasteiger partial charge in [0.1, 0.15) is 5.75 Å². The first-order valence-corrected chi connectivity index (χ1v) is 5.33. The van der Waals surface area contributed by atoms with E-state index in [1.54, 1.807) is 19.2 Å². The van der Waals surface area contributed by atoms with Gasteiger partial charge >= 0.3 is 0 Å². The molecule has 0 aliphatic rings. The van der Waals surface area contributed by atoms with E-state index in [-0.39, 0.29) is 0 Å². The van der Waals surface area contributed by atoms with Crippen LogP contribution in [0.2, 0.25) is 0 Å². The van der Waals surface area contributed by atoms with E-state index < -0.39 is 0 Å². The van der Waals surface area contributed by atoms with Crippen molar-refractivity contribution in [2.75, 3.05) is 20.7 Å². The first-order chi connectivity index (χ1) is 8.21. The molecule has 0 heterocycles. The van der Waals surface area contributed by atoms with Crippen molar-refractivity contribution in [1.82, 2.24) is 4.90 Å².